The average Bonchev–Trinajstić information content (AvgIpc) is 3.24. The van der Waals surface area contributed by atoms with Crippen molar-refractivity contribution < 1.29 is 8.42 Å². The Morgan fingerprint density at radius 1 is 1.32 bits per heavy atom. The highest BCUT2D eigenvalue weighted by atomic mass is 32.2. The number of hydrogen-bond acceptors (Lipinski definition) is 3. The first kappa shape index (κ1) is 15.0. The van der Waals surface area contributed by atoms with Crippen LogP contribution in [-0.2, 0) is 10.2 Å². The van der Waals surface area contributed by atoms with Crippen LogP contribution in [0, 0.1) is 0 Å². The van der Waals surface area contributed by atoms with E-state index in [2.05, 4.69) is 11.9 Å². The van der Waals surface area contributed by atoms with E-state index >= 15 is 0 Å². The highest BCUT2D eigenvalue weighted by molar-refractivity contribution is 7.86. The van der Waals surface area contributed by atoms with Gasteiger partial charge < -0.3 is 5.32 Å². The van der Waals surface area contributed by atoms with Gasteiger partial charge in [0.05, 0.1) is 0 Å². The zero-order chi connectivity index (χ0) is 13.9. The highest BCUT2D eigenvalue weighted by Crippen LogP contribution is 2.30. The molecule has 0 unspecified atom stereocenters. The molecule has 5 nitrogen and oxygen atoms in total. The van der Waals surface area contributed by atoms with Gasteiger partial charge in [0.25, 0.3) is 10.2 Å². The topological polar surface area (TPSA) is 52.7 Å². The molecule has 0 amide bonds. The molecule has 0 aromatic heterocycles. The lowest BCUT2D eigenvalue weighted by atomic mass is 10.4. The van der Waals surface area contributed by atoms with Crippen molar-refractivity contribution in [1.82, 2.24) is 13.9 Å². The molecule has 0 spiro atoms. The number of rotatable bonds is 10. The third-order valence-corrected chi connectivity index (χ3v) is 5.62. The van der Waals surface area contributed by atoms with Crippen molar-refractivity contribution >= 4 is 10.2 Å². The Morgan fingerprint density at radius 2 is 2.00 bits per heavy atom. The SMILES string of the molecule is C=CCN(C1CC1)S(=O)(=O)N(C)CCCNC1CC1. The second-order valence-electron chi connectivity index (χ2n) is 5.50. The molecule has 1 N–H and O–H groups in total. The lowest BCUT2D eigenvalue weighted by molar-refractivity contribution is 0.367. The van der Waals surface area contributed by atoms with Crippen LogP contribution >= 0.6 is 0 Å². The minimum absolute atomic E-state index is 0.190. The summed E-state index contributed by atoms with van der Waals surface area (Å²) in [4.78, 5) is 0. The molecule has 0 radical (unpaired) electrons. The summed E-state index contributed by atoms with van der Waals surface area (Å²) in [5.41, 5.74) is 0. The van der Waals surface area contributed by atoms with Crippen LogP contribution in [0.15, 0.2) is 12.7 Å². The summed E-state index contributed by atoms with van der Waals surface area (Å²) in [5, 5.41) is 3.40. The summed E-state index contributed by atoms with van der Waals surface area (Å²) >= 11 is 0. The third kappa shape index (κ3) is 4.27. The van der Waals surface area contributed by atoms with Gasteiger partial charge in [0.15, 0.2) is 0 Å². The molecule has 19 heavy (non-hydrogen) atoms. The lowest BCUT2D eigenvalue weighted by Crippen LogP contribution is -2.44. The van der Waals surface area contributed by atoms with E-state index < -0.39 is 10.2 Å². The summed E-state index contributed by atoms with van der Waals surface area (Å²) in [6.07, 6.45) is 7.01. The first-order chi connectivity index (χ1) is 9.05. The van der Waals surface area contributed by atoms with Gasteiger partial charge in [-0.25, -0.2) is 0 Å². The minimum atomic E-state index is -3.32. The molecule has 2 aliphatic carbocycles. The second kappa shape index (κ2) is 6.35. The van der Waals surface area contributed by atoms with Crippen LogP contribution in [0.2, 0.25) is 0 Å². The van der Waals surface area contributed by atoms with Crippen LogP contribution in [0.5, 0.6) is 0 Å². The van der Waals surface area contributed by atoms with Crippen molar-refractivity contribution in [3.05, 3.63) is 12.7 Å². The summed E-state index contributed by atoms with van der Waals surface area (Å²) in [5.74, 6) is 0. The van der Waals surface area contributed by atoms with E-state index in [0.717, 1.165) is 25.8 Å². The molecule has 2 rings (SSSR count). The minimum Gasteiger partial charge on any atom is -0.314 e. The molecule has 0 aromatic rings. The lowest BCUT2D eigenvalue weighted by Gasteiger charge is -2.26. The van der Waals surface area contributed by atoms with Crippen LogP contribution < -0.4 is 5.32 Å². The van der Waals surface area contributed by atoms with Crippen LogP contribution in [0.25, 0.3) is 0 Å². The average molecular weight is 287 g/mol. The Morgan fingerprint density at radius 3 is 2.53 bits per heavy atom. The maximum Gasteiger partial charge on any atom is 0.282 e. The summed E-state index contributed by atoms with van der Waals surface area (Å²) in [6, 6.07) is 0.876. The molecule has 0 heterocycles. The van der Waals surface area contributed by atoms with E-state index in [4.69, 9.17) is 0 Å². The van der Waals surface area contributed by atoms with Crippen molar-refractivity contribution in [3.63, 3.8) is 0 Å². The van der Waals surface area contributed by atoms with Crippen molar-refractivity contribution in [3.8, 4) is 0 Å². The van der Waals surface area contributed by atoms with Crippen LogP contribution in [0.4, 0.5) is 0 Å². The zero-order valence-electron chi connectivity index (χ0n) is 11.7. The first-order valence-corrected chi connectivity index (χ1v) is 8.53. The molecule has 6 heteroatoms. The van der Waals surface area contributed by atoms with Gasteiger partial charge in [-0.15, -0.1) is 6.58 Å². The largest absolute Gasteiger partial charge is 0.314 e. The predicted molar refractivity (Wildman–Crippen MR) is 77.1 cm³/mol. The van der Waals surface area contributed by atoms with Crippen molar-refractivity contribution in [2.75, 3.05) is 26.7 Å². The molecule has 0 aromatic carbocycles. The third-order valence-electron chi connectivity index (χ3n) is 3.61. The van der Waals surface area contributed by atoms with E-state index in [9.17, 15) is 8.42 Å². The summed E-state index contributed by atoms with van der Waals surface area (Å²) in [7, 11) is -1.65. The molecule has 0 bridgehead atoms. The van der Waals surface area contributed by atoms with E-state index in [1.54, 1.807) is 17.4 Å². The van der Waals surface area contributed by atoms with Crippen LogP contribution in [0.1, 0.15) is 32.1 Å². The van der Waals surface area contributed by atoms with E-state index in [1.807, 2.05) is 0 Å². The highest BCUT2D eigenvalue weighted by Gasteiger charge is 2.38. The predicted octanol–water partition coefficient (Wildman–Crippen LogP) is 0.956. The fraction of sp³-hybridized carbons (Fsp3) is 0.846. The van der Waals surface area contributed by atoms with Gasteiger partial charge in [0, 0.05) is 32.2 Å². The van der Waals surface area contributed by atoms with Gasteiger partial charge in [-0.1, -0.05) is 6.08 Å². The Balaban J connectivity index is 1.79. The van der Waals surface area contributed by atoms with Gasteiger partial charge in [-0.05, 0) is 38.6 Å². The summed E-state index contributed by atoms with van der Waals surface area (Å²) < 4.78 is 27.9. The fourth-order valence-corrected chi connectivity index (χ4v) is 3.71. The van der Waals surface area contributed by atoms with E-state index in [1.165, 1.54) is 17.1 Å². The normalized spacial score (nSPS) is 20.2. The number of hydrogen-bond donors (Lipinski definition) is 1. The molecule has 2 saturated carbocycles. The van der Waals surface area contributed by atoms with Gasteiger partial charge in [-0.3, -0.25) is 0 Å². The number of nitrogens with one attached hydrogen (secondary N) is 1. The molecule has 0 aliphatic heterocycles. The molecule has 2 aliphatic rings. The maximum atomic E-state index is 12.4. The van der Waals surface area contributed by atoms with Crippen molar-refractivity contribution in [2.45, 2.75) is 44.2 Å². The molecule has 0 saturated heterocycles. The Bertz CT molecular complexity index is 402. The van der Waals surface area contributed by atoms with Crippen LogP contribution in [0.3, 0.4) is 0 Å². The molecule has 2 fully saturated rings. The Kier molecular flexibility index (Phi) is 5.00. The Labute approximate surface area is 116 Å². The second-order valence-corrected chi connectivity index (χ2v) is 7.49. The smallest absolute Gasteiger partial charge is 0.282 e. The number of nitrogens with zero attached hydrogens (tertiary/aromatic N) is 2. The molecule has 110 valence electrons. The monoisotopic (exact) mass is 287 g/mol. The van der Waals surface area contributed by atoms with Crippen molar-refractivity contribution in [1.29, 1.82) is 0 Å². The Hall–Kier alpha value is -0.430. The quantitative estimate of drug-likeness (QED) is 0.481. The molecular formula is C13H25N3O2S. The van der Waals surface area contributed by atoms with E-state index in [-0.39, 0.29) is 6.04 Å². The van der Waals surface area contributed by atoms with E-state index in [0.29, 0.717) is 19.1 Å². The van der Waals surface area contributed by atoms with Crippen molar-refractivity contribution in [2.24, 2.45) is 0 Å². The maximum absolute atomic E-state index is 12.4. The fourth-order valence-electron chi connectivity index (χ4n) is 2.11. The molecular weight excluding hydrogens is 262 g/mol. The van der Waals surface area contributed by atoms with Gasteiger partial charge in [-0.2, -0.15) is 17.0 Å². The molecule has 0 atom stereocenters. The van der Waals surface area contributed by atoms with Crippen LogP contribution in [-0.4, -0.2) is 55.8 Å². The first-order valence-electron chi connectivity index (χ1n) is 7.13. The van der Waals surface area contributed by atoms with Gasteiger partial charge >= 0.3 is 0 Å². The van der Waals surface area contributed by atoms with Gasteiger partial charge in [0.1, 0.15) is 0 Å². The van der Waals surface area contributed by atoms with Gasteiger partial charge in [0.2, 0.25) is 0 Å². The summed E-state index contributed by atoms with van der Waals surface area (Å²) in [6.45, 7) is 5.54. The standard InChI is InChI=1S/C13H25N3O2S/c1-3-10-16(13-7-8-13)19(17,18)15(2)11-4-9-14-12-5-6-12/h3,12-14H,1,4-11H2,2H3. The zero-order valence-corrected chi connectivity index (χ0v) is 12.5.